The molecular weight excluding hydrogens is 264 g/mol. The first-order valence-corrected chi connectivity index (χ1v) is 7.64. The molecule has 0 aromatic heterocycles. The molecule has 1 rings (SSSR count). The van der Waals surface area contributed by atoms with Crippen LogP contribution in [-0.2, 0) is 19.7 Å². The Bertz CT molecular complexity index is 484. The average Bonchev–Trinajstić information content (AvgIpc) is 2.50. The molecular formula is C18H26O3. The van der Waals surface area contributed by atoms with Gasteiger partial charge in [-0.05, 0) is 39.2 Å². The van der Waals surface area contributed by atoms with Gasteiger partial charge in [0.2, 0.25) is 0 Å². The highest BCUT2D eigenvalue weighted by molar-refractivity contribution is 6.08. The van der Waals surface area contributed by atoms with Gasteiger partial charge < -0.3 is 4.74 Å². The van der Waals surface area contributed by atoms with Gasteiger partial charge in [0.05, 0.1) is 12.0 Å². The molecule has 21 heavy (non-hydrogen) atoms. The van der Waals surface area contributed by atoms with Crippen molar-refractivity contribution in [1.82, 2.24) is 0 Å². The minimum absolute atomic E-state index is 0.0651. The molecule has 0 saturated heterocycles. The fraction of sp³-hybridized carbons (Fsp3) is 0.556. The molecule has 0 unspecified atom stereocenters. The van der Waals surface area contributed by atoms with Crippen molar-refractivity contribution in [2.45, 2.75) is 52.9 Å². The maximum atomic E-state index is 13.2. The lowest BCUT2D eigenvalue weighted by Gasteiger charge is -2.36. The van der Waals surface area contributed by atoms with E-state index in [2.05, 4.69) is 0 Å². The molecule has 0 fully saturated rings. The van der Waals surface area contributed by atoms with Crippen LogP contribution in [0.2, 0.25) is 0 Å². The Morgan fingerprint density at radius 1 is 1.00 bits per heavy atom. The van der Waals surface area contributed by atoms with E-state index in [0.717, 1.165) is 5.56 Å². The number of Topliss-reactive ketones (excluding diaryl/α,β-unsaturated/α-hetero) is 1. The maximum absolute atomic E-state index is 13.2. The van der Waals surface area contributed by atoms with E-state index in [1.807, 2.05) is 44.2 Å². The van der Waals surface area contributed by atoms with Gasteiger partial charge >= 0.3 is 5.97 Å². The largest absolute Gasteiger partial charge is 0.465 e. The number of carbonyl (C=O) groups is 2. The van der Waals surface area contributed by atoms with Gasteiger partial charge in [0.15, 0.2) is 5.78 Å². The third-order valence-corrected chi connectivity index (χ3v) is 4.32. The summed E-state index contributed by atoms with van der Waals surface area (Å²) in [5, 5.41) is 0. The molecule has 0 aliphatic carbocycles. The second kappa shape index (κ2) is 6.88. The van der Waals surface area contributed by atoms with Crippen LogP contribution in [0.25, 0.3) is 0 Å². The van der Waals surface area contributed by atoms with Crippen LogP contribution in [-0.4, -0.2) is 18.4 Å². The van der Waals surface area contributed by atoms with Gasteiger partial charge in [0.1, 0.15) is 5.41 Å². The Hall–Kier alpha value is -1.64. The van der Waals surface area contributed by atoms with Gasteiger partial charge in [-0.2, -0.15) is 0 Å². The molecule has 3 nitrogen and oxygen atoms in total. The van der Waals surface area contributed by atoms with Gasteiger partial charge in [0, 0.05) is 0 Å². The predicted molar refractivity (Wildman–Crippen MR) is 84.1 cm³/mol. The average molecular weight is 290 g/mol. The zero-order valence-corrected chi connectivity index (χ0v) is 13.7. The third kappa shape index (κ3) is 3.17. The first kappa shape index (κ1) is 17.4. The van der Waals surface area contributed by atoms with Crippen LogP contribution < -0.4 is 0 Å². The Morgan fingerprint density at radius 2 is 1.52 bits per heavy atom. The first-order chi connectivity index (χ1) is 9.86. The molecule has 0 N–H and O–H groups in total. The molecule has 0 aliphatic heterocycles. The lowest BCUT2D eigenvalue weighted by atomic mass is 9.65. The predicted octanol–water partition coefficient (Wildman–Crippen LogP) is 3.90. The van der Waals surface area contributed by atoms with Crippen molar-refractivity contribution in [3.05, 3.63) is 35.9 Å². The molecule has 0 atom stereocenters. The van der Waals surface area contributed by atoms with Crippen LogP contribution in [0.15, 0.2) is 30.3 Å². The highest BCUT2D eigenvalue weighted by Crippen LogP contribution is 2.39. The van der Waals surface area contributed by atoms with Crippen molar-refractivity contribution < 1.29 is 14.3 Å². The molecule has 0 heterocycles. The van der Waals surface area contributed by atoms with E-state index in [0.29, 0.717) is 12.8 Å². The summed E-state index contributed by atoms with van der Waals surface area (Å²) in [7, 11) is 0. The summed E-state index contributed by atoms with van der Waals surface area (Å²) in [5.74, 6) is -0.512. The minimum atomic E-state index is -1.14. The molecule has 0 amide bonds. The standard InChI is InChI=1S/C18H26O3/c1-6-18(7-2,14-12-10-9-11-13-14)15(19)17(4,5)16(20)21-8-3/h9-13H,6-8H2,1-5H3. The molecule has 0 aliphatic rings. The van der Waals surface area contributed by atoms with Crippen molar-refractivity contribution in [2.75, 3.05) is 6.61 Å². The molecule has 0 bridgehead atoms. The Morgan fingerprint density at radius 3 is 1.95 bits per heavy atom. The van der Waals surface area contributed by atoms with Crippen LogP contribution in [0.3, 0.4) is 0 Å². The topological polar surface area (TPSA) is 43.4 Å². The Balaban J connectivity index is 3.29. The summed E-state index contributed by atoms with van der Waals surface area (Å²) in [6.07, 6.45) is 1.32. The van der Waals surface area contributed by atoms with Gasteiger partial charge in [-0.25, -0.2) is 0 Å². The molecule has 116 valence electrons. The van der Waals surface area contributed by atoms with E-state index in [4.69, 9.17) is 4.74 Å². The summed E-state index contributed by atoms with van der Waals surface area (Å²) in [6.45, 7) is 9.35. The van der Waals surface area contributed by atoms with E-state index in [1.54, 1.807) is 20.8 Å². The van der Waals surface area contributed by atoms with Crippen molar-refractivity contribution >= 4 is 11.8 Å². The van der Waals surface area contributed by atoms with Gasteiger partial charge in [-0.15, -0.1) is 0 Å². The monoisotopic (exact) mass is 290 g/mol. The summed E-state index contributed by atoms with van der Waals surface area (Å²) >= 11 is 0. The molecule has 0 spiro atoms. The first-order valence-electron chi connectivity index (χ1n) is 7.64. The zero-order valence-electron chi connectivity index (χ0n) is 13.7. The fourth-order valence-corrected chi connectivity index (χ4v) is 2.87. The number of ether oxygens (including phenoxy) is 1. The summed E-state index contributed by atoms with van der Waals surface area (Å²) in [4.78, 5) is 25.3. The quantitative estimate of drug-likeness (QED) is 0.565. The lowest BCUT2D eigenvalue weighted by molar-refractivity contribution is -0.160. The van der Waals surface area contributed by atoms with Crippen molar-refractivity contribution in [3.8, 4) is 0 Å². The summed E-state index contributed by atoms with van der Waals surface area (Å²) < 4.78 is 5.09. The molecule has 0 radical (unpaired) electrons. The number of rotatable bonds is 7. The zero-order chi connectivity index (χ0) is 16.1. The van der Waals surface area contributed by atoms with Crippen LogP contribution in [0, 0.1) is 5.41 Å². The van der Waals surface area contributed by atoms with Gasteiger partial charge in [0.25, 0.3) is 0 Å². The molecule has 1 aromatic carbocycles. The molecule has 0 saturated carbocycles. The molecule has 3 heteroatoms. The van der Waals surface area contributed by atoms with E-state index < -0.39 is 16.8 Å². The van der Waals surface area contributed by atoms with Gasteiger partial charge in [-0.3, -0.25) is 9.59 Å². The molecule has 1 aromatic rings. The summed E-state index contributed by atoms with van der Waals surface area (Å²) in [5.41, 5.74) is -0.813. The number of esters is 1. The Labute approximate surface area is 127 Å². The minimum Gasteiger partial charge on any atom is -0.465 e. The van der Waals surface area contributed by atoms with Crippen LogP contribution in [0.4, 0.5) is 0 Å². The number of benzene rings is 1. The van der Waals surface area contributed by atoms with Crippen LogP contribution in [0.1, 0.15) is 53.0 Å². The SMILES string of the molecule is CCOC(=O)C(C)(C)C(=O)C(CC)(CC)c1ccccc1. The third-order valence-electron chi connectivity index (χ3n) is 4.32. The summed E-state index contributed by atoms with van der Waals surface area (Å²) in [6, 6.07) is 9.72. The highest BCUT2D eigenvalue weighted by Gasteiger charge is 2.48. The number of hydrogen-bond donors (Lipinski definition) is 0. The highest BCUT2D eigenvalue weighted by atomic mass is 16.5. The second-order valence-corrected chi connectivity index (χ2v) is 5.83. The van der Waals surface area contributed by atoms with E-state index in [1.165, 1.54) is 0 Å². The number of carbonyl (C=O) groups excluding carboxylic acids is 2. The smallest absolute Gasteiger partial charge is 0.319 e. The van der Waals surface area contributed by atoms with Crippen LogP contribution in [0.5, 0.6) is 0 Å². The van der Waals surface area contributed by atoms with Gasteiger partial charge in [-0.1, -0.05) is 44.2 Å². The number of ketones is 1. The van der Waals surface area contributed by atoms with E-state index >= 15 is 0 Å². The van der Waals surface area contributed by atoms with Crippen molar-refractivity contribution in [2.24, 2.45) is 5.41 Å². The van der Waals surface area contributed by atoms with E-state index in [-0.39, 0.29) is 12.4 Å². The maximum Gasteiger partial charge on any atom is 0.319 e. The normalized spacial score (nSPS) is 12.0. The lowest BCUT2D eigenvalue weighted by Crippen LogP contribution is -2.47. The fourth-order valence-electron chi connectivity index (χ4n) is 2.87. The van der Waals surface area contributed by atoms with E-state index in [9.17, 15) is 9.59 Å². The second-order valence-electron chi connectivity index (χ2n) is 5.83. The Kier molecular flexibility index (Phi) is 5.70. The number of hydrogen-bond acceptors (Lipinski definition) is 3. The van der Waals surface area contributed by atoms with Crippen molar-refractivity contribution in [1.29, 1.82) is 0 Å². The van der Waals surface area contributed by atoms with Crippen LogP contribution >= 0.6 is 0 Å². The van der Waals surface area contributed by atoms with Crippen molar-refractivity contribution in [3.63, 3.8) is 0 Å².